The van der Waals surface area contributed by atoms with Crippen LogP contribution in [0, 0.1) is 11.3 Å². The first kappa shape index (κ1) is 52.2. The second-order valence-corrected chi connectivity index (χ2v) is 21.3. The van der Waals surface area contributed by atoms with Crippen LogP contribution < -0.4 is 31.9 Å². The third-order valence-electron chi connectivity index (χ3n) is 15.8. The van der Waals surface area contributed by atoms with Crippen molar-refractivity contribution in [2.75, 3.05) is 20.6 Å². The summed E-state index contributed by atoms with van der Waals surface area (Å²) in [6.45, 7) is 13.7. The van der Waals surface area contributed by atoms with Crippen LogP contribution in [0.3, 0.4) is 0 Å². The Kier molecular flexibility index (Phi) is 16.9. The number of likely N-dealkylation sites (tertiary alicyclic amines) is 1. The summed E-state index contributed by atoms with van der Waals surface area (Å²) in [6.07, 6.45) is 7.29. The number of carbonyl (C=O) groups is 6. The monoisotopic (exact) mass is 959 g/mol. The minimum Gasteiger partial charge on any atom is -0.347 e. The molecule has 0 aromatic heterocycles. The predicted molar refractivity (Wildman–Crippen MR) is 272 cm³/mol. The second-order valence-electron chi connectivity index (χ2n) is 21.3. The number of nitrogens with zero attached hydrogens (tertiary/aromatic N) is 2. The van der Waals surface area contributed by atoms with E-state index in [1.165, 1.54) is 11.1 Å². The second kappa shape index (κ2) is 22.6. The molecule has 3 aromatic rings. The molecule has 2 aliphatic heterocycles. The number of benzene rings is 3. The average molecular weight is 959 g/mol. The van der Waals surface area contributed by atoms with Gasteiger partial charge in [0.2, 0.25) is 35.4 Å². The third-order valence-corrected chi connectivity index (χ3v) is 15.8. The fraction of sp³-hybridized carbons (Fsp3) is 0.571. The Balaban J connectivity index is 1.22. The normalized spacial score (nSPS) is 22.6. The van der Waals surface area contributed by atoms with E-state index in [0.717, 1.165) is 66.3 Å². The molecule has 1 saturated heterocycles. The first-order valence-electron chi connectivity index (χ1n) is 25.9. The molecule has 3 aromatic carbocycles. The Morgan fingerprint density at radius 1 is 0.657 bits per heavy atom. The van der Waals surface area contributed by atoms with E-state index in [1.54, 1.807) is 37.7 Å². The van der Waals surface area contributed by atoms with Crippen molar-refractivity contribution < 1.29 is 28.8 Å². The maximum absolute atomic E-state index is 15.2. The van der Waals surface area contributed by atoms with Gasteiger partial charge in [-0.05, 0) is 123 Å². The van der Waals surface area contributed by atoms with Crippen molar-refractivity contribution in [2.45, 2.75) is 173 Å². The lowest BCUT2D eigenvalue weighted by molar-refractivity contribution is -0.146. The molecule has 0 radical (unpaired) electrons. The molecular formula is C56H78N8O6. The van der Waals surface area contributed by atoms with Gasteiger partial charge in [0.1, 0.15) is 24.2 Å². The van der Waals surface area contributed by atoms with Gasteiger partial charge < -0.3 is 41.7 Å². The first-order valence-corrected chi connectivity index (χ1v) is 25.9. The smallest absolute Gasteiger partial charge is 0.246 e. The Labute approximate surface area is 415 Å². The van der Waals surface area contributed by atoms with Crippen molar-refractivity contribution in [3.63, 3.8) is 0 Å². The number of fused-ring (bicyclic) bond motifs is 3. The van der Waals surface area contributed by atoms with Crippen LogP contribution in [-0.2, 0) is 54.6 Å². The molecule has 6 N–H and O–H groups in total. The molecule has 7 rings (SSSR count). The Hall–Kier alpha value is -5.60. The van der Waals surface area contributed by atoms with Gasteiger partial charge in [-0.2, -0.15) is 0 Å². The fourth-order valence-corrected chi connectivity index (χ4v) is 11.2. The van der Waals surface area contributed by atoms with E-state index in [-0.39, 0.29) is 78.9 Å². The fourth-order valence-electron chi connectivity index (χ4n) is 11.2. The number of aryl methyl sites for hydroxylation is 2. The lowest BCUT2D eigenvalue weighted by atomic mass is 9.85. The summed E-state index contributed by atoms with van der Waals surface area (Å²) in [5.41, 5.74) is 6.69. The highest BCUT2D eigenvalue weighted by Crippen LogP contribution is 2.39. The molecule has 70 heavy (non-hydrogen) atoms. The summed E-state index contributed by atoms with van der Waals surface area (Å²) < 4.78 is 0. The maximum Gasteiger partial charge on any atom is 0.246 e. The molecule has 0 spiro atoms. The molecule has 0 bridgehead atoms. The van der Waals surface area contributed by atoms with E-state index in [2.05, 4.69) is 62.2 Å². The van der Waals surface area contributed by atoms with Crippen LogP contribution in [0.5, 0.6) is 0 Å². The largest absolute Gasteiger partial charge is 0.347 e. The molecule has 2 aliphatic carbocycles. The predicted octanol–water partition coefficient (Wildman–Crippen LogP) is 5.68. The molecule has 378 valence electrons. The number of amides is 6. The highest BCUT2D eigenvalue weighted by atomic mass is 16.2. The Bertz CT molecular complexity index is 2390. The van der Waals surface area contributed by atoms with E-state index in [9.17, 15) is 24.0 Å². The quantitative estimate of drug-likeness (QED) is 0.106. The standard InChI is InChI=1S/C56H78N8O6/c1-10-35(11-2)48(61-50(65)33(3)57-8)54(69)63-31-40-28-38(26-27-39(40)29-46(63)52(67)59-44-24-16-20-36-18-12-14-22-42(36)44)41-30-47(53(68)60-45-25-17-21-37-19-13-15-23-43(37)45)64(32-41)55(70)49(56(5,6)7)62-51(66)34(4)58-9/h12-15,18-19,22-23,26-28,33-35,41,44-49,57-58H,10-11,16-17,20-21,24-25,29-32H2,1-9H3,(H,59,67)(H,60,68)(H,61,65)(H,62,66)/t33-,34-,41-,44+,45+,46-,47-,48-,49+/m0/s1. The third kappa shape index (κ3) is 11.4. The lowest BCUT2D eigenvalue weighted by Crippen LogP contribution is -2.60. The van der Waals surface area contributed by atoms with Gasteiger partial charge in [0.05, 0.1) is 24.2 Å². The van der Waals surface area contributed by atoms with E-state index in [4.69, 9.17) is 0 Å². The van der Waals surface area contributed by atoms with Gasteiger partial charge in [0, 0.05) is 25.4 Å². The van der Waals surface area contributed by atoms with Crippen molar-refractivity contribution in [3.8, 4) is 0 Å². The molecule has 4 aliphatic rings. The zero-order chi connectivity index (χ0) is 50.4. The molecule has 1 fully saturated rings. The van der Waals surface area contributed by atoms with Crippen LogP contribution in [0.25, 0.3) is 0 Å². The molecular weight excluding hydrogens is 881 g/mol. The van der Waals surface area contributed by atoms with E-state index >= 15 is 4.79 Å². The van der Waals surface area contributed by atoms with E-state index in [0.29, 0.717) is 19.3 Å². The van der Waals surface area contributed by atoms with E-state index < -0.39 is 41.7 Å². The van der Waals surface area contributed by atoms with Crippen LogP contribution in [0.2, 0.25) is 0 Å². The van der Waals surface area contributed by atoms with Gasteiger partial charge >= 0.3 is 0 Å². The van der Waals surface area contributed by atoms with Gasteiger partial charge in [-0.3, -0.25) is 28.8 Å². The number of carbonyl (C=O) groups excluding carboxylic acids is 6. The topological polar surface area (TPSA) is 181 Å². The number of rotatable bonds is 16. The number of nitrogens with one attached hydrogen (secondary N) is 6. The van der Waals surface area contributed by atoms with Crippen LogP contribution in [0.15, 0.2) is 66.7 Å². The molecule has 2 heterocycles. The van der Waals surface area contributed by atoms with Gasteiger partial charge in [-0.1, -0.05) is 114 Å². The van der Waals surface area contributed by atoms with Gasteiger partial charge in [0.15, 0.2) is 0 Å². The summed E-state index contributed by atoms with van der Waals surface area (Å²) >= 11 is 0. The van der Waals surface area contributed by atoms with Crippen molar-refractivity contribution in [2.24, 2.45) is 11.3 Å². The molecule has 9 atom stereocenters. The van der Waals surface area contributed by atoms with Gasteiger partial charge in [-0.15, -0.1) is 0 Å². The molecule has 0 unspecified atom stereocenters. The first-order chi connectivity index (χ1) is 33.5. The number of hydrogen-bond donors (Lipinski definition) is 6. The zero-order valence-corrected chi connectivity index (χ0v) is 43.0. The van der Waals surface area contributed by atoms with Crippen molar-refractivity contribution in [3.05, 3.63) is 106 Å². The summed E-state index contributed by atoms with van der Waals surface area (Å²) in [6, 6.07) is 17.7. The Morgan fingerprint density at radius 2 is 1.20 bits per heavy atom. The summed E-state index contributed by atoms with van der Waals surface area (Å²) in [5, 5.41) is 18.7. The zero-order valence-electron chi connectivity index (χ0n) is 43.0. The van der Waals surface area contributed by atoms with Crippen LogP contribution in [-0.4, -0.2) is 102 Å². The van der Waals surface area contributed by atoms with Crippen LogP contribution >= 0.6 is 0 Å². The van der Waals surface area contributed by atoms with Crippen LogP contribution in [0.1, 0.15) is 150 Å². The Morgan fingerprint density at radius 3 is 1.74 bits per heavy atom. The molecule has 0 saturated carbocycles. The van der Waals surface area contributed by atoms with Crippen molar-refractivity contribution >= 4 is 35.4 Å². The molecule has 14 heteroatoms. The van der Waals surface area contributed by atoms with Crippen molar-refractivity contribution in [1.82, 2.24) is 41.7 Å². The average Bonchev–Trinajstić information content (AvgIpc) is 3.82. The highest BCUT2D eigenvalue weighted by molar-refractivity contribution is 5.95. The van der Waals surface area contributed by atoms with Crippen LogP contribution in [0.4, 0.5) is 0 Å². The van der Waals surface area contributed by atoms with Gasteiger partial charge in [-0.25, -0.2) is 0 Å². The lowest BCUT2D eigenvalue weighted by Gasteiger charge is -2.40. The summed E-state index contributed by atoms with van der Waals surface area (Å²) in [7, 11) is 3.40. The van der Waals surface area contributed by atoms with E-state index in [1.807, 2.05) is 71.0 Å². The number of hydrogen-bond acceptors (Lipinski definition) is 8. The van der Waals surface area contributed by atoms with Crippen molar-refractivity contribution in [1.29, 1.82) is 0 Å². The molecule has 14 nitrogen and oxygen atoms in total. The SMILES string of the molecule is CCC(CC)[C@H](NC(=O)[C@H](C)NC)C(=O)N1Cc2cc([C@H]3C[C@@H](C(=O)N[C@@H]4CCCc5ccccc54)N(C(=O)[C@@H](NC(=O)[C@H](C)NC)C(C)(C)C)C3)ccc2C[C@H]1C(=O)N[C@@H]1CCCc2ccccc21. The summed E-state index contributed by atoms with van der Waals surface area (Å²) in [4.78, 5) is 89.8. The highest BCUT2D eigenvalue weighted by Gasteiger charge is 2.47. The summed E-state index contributed by atoms with van der Waals surface area (Å²) in [5.74, 6) is -2.10. The minimum atomic E-state index is -0.909. The minimum absolute atomic E-state index is 0.137. The number of likely N-dealkylation sites (N-methyl/N-ethyl adjacent to an activating group) is 2. The molecule has 6 amide bonds. The van der Waals surface area contributed by atoms with Gasteiger partial charge in [0.25, 0.3) is 0 Å². The maximum atomic E-state index is 15.2.